The van der Waals surface area contributed by atoms with Crippen LogP contribution in [0, 0.1) is 0 Å². The molecule has 106 valence electrons. The summed E-state index contributed by atoms with van der Waals surface area (Å²) >= 11 is 9.09. The molecule has 0 bridgehead atoms. The standard InChI is InChI=1S/C16H17Br2NS/c1-2-19-14(12-10-13(17)20-15(12)18)16(8-9-16)11-6-4-3-5-7-11/h3-7,10,14,19H,2,8-9H2,1H3. The Hall–Kier alpha value is -0.160. The number of halogens is 2. The first-order valence-electron chi connectivity index (χ1n) is 6.91. The minimum atomic E-state index is 0.264. The van der Waals surface area contributed by atoms with E-state index in [1.54, 1.807) is 11.3 Å². The van der Waals surface area contributed by atoms with Gasteiger partial charge < -0.3 is 5.32 Å². The van der Waals surface area contributed by atoms with Crippen LogP contribution < -0.4 is 5.32 Å². The lowest BCUT2D eigenvalue weighted by atomic mass is 9.85. The summed E-state index contributed by atoms with van der Waals surface area (Å²) < 4.78 is 2.42. The van der Waals surface area contributed by atoms with E-state index in [2.05, 4.69) is 80.5 Å². The molecule has 1 aromatic heterocycles. The molecule has 1 aromatic carbocycles. The van der Waals surface area contributed by atoms with Gasteiger partial charge in [-0.05, 0) is 68.4 Å². The Bertz CT molecular complexity index is 590. The molecule has 1 unspecified atom stereocenters. The fourth-order valence-corrected chi connectivity index (χ4v) is 5.91. The maximum absolute atomic E-state index is 3.73. The zero-order valence-electron chi connectivity index (χ0n) is 11.3. The molecule has 1 N–H and O–H groups in total. The van der Waals surface area contributed by atoms with Crippen molar-refractivity contribution in [1.29, 1.82) is 0 Å². The monoisotopic (exact) mass is 413 g/mol. The average molecular weight is 415 g/mol. The minimum absolute atomic E-state index is 0.264. The number of hydrogen-bond donors (Lipinski definition) is 1. The third kappa shape index (κ3) is 2.63. The van der Waals surface area contributed by atoms with Crippen LogP contribution in [-0.4, -0.2) is 6.54 Å². The van der Waals surface area contributed by atoms with Crippen LogP contribution in [0.3, 0.4) is 0 Å². The molecule has 0 saturated heterocycles. The second-order valence-electron chi connectivity index (χ2n) is 5.29. The van der Waals surface area contributed by atoms with Gasteiger partial charge in [-0.15, -0.1) is 11.3 Å². The van der Waals surface area contributed by atoms with E-state index in [9.17, 15) is 0 Å². The lowest BCUT2D eigenvalue weighted by molar-refractivity contribution is 0.439. The highest BCUT2D eigenvalue weighted by Gasteiger charge is 2.51. The lowest BCUT2D eigenvalue weighted by Crippen LogP contribution is -2.32. The maximum atomic E-state index is 3.73. The topological polar surface area (TPSA) is 12.0 Å². The zero-order valence-corrected chi connectivity index (χ0v) is 15.3. The second-order valence-corrected chi connectivity index (χ2v) is 9.04. The van der Waals surface area contributed by atoms with Crippen molar-refractivity contribution < 1.29 is 0 Å². The van der Waals surface area contributed by atoms with Gasteiger partial charge in [0.15, 0.2) is 0 Å². The molecule has 1 heterocycles. The zero-order chi connectivity index (χ0) is 14.2. The molecule has 1 aliphatic rings. The lowest BCUT2D eigenvalue weighted by Gasteiger charge is -2.28. The summed E-state index contributed by atoms with van der Waals surface area (Å²) in [5.74, 6) is 0. The summed E-state index contributed by atoms with van der Waals surface area (Å²) in [5.41, 5.74) is 3.10. The highest BCUT2D eigenvalue weighted by Crippen LogP contribution is 2.58. The van der Waals surface area contributed by atoms with Gasteiger partial charge in [0.05, 0.1) is 7.57 Å². The maximum Gasteiger partial charge on any atom is 0.0758 e. The van der Waals surface area contributed by atoms with Crippen molar-refractivity contribution >= 4 is 43.2 Å². The molecule has 1 atom stereocenters. The molecule has 2 aromatic rings. The summed E-state index contributed by atoms with van der Waals surface area (Å²) in [6.07, 6.45) is 2.52. The third-order valence-electron chi connectivity index (χ3n) is 4.09. The van der Waals surface area contributed by atoms with Gasteiger partial charge in [0.25, 0.3) is 0 Å². The molecule has 1 fully saturated rings. The number of rotatable bonds is 5. The van der Waals surface area contributed by atoms with Crippen LogP contribution in [0.4, 0.5) is 0 Å². The molecule has 1 aliphatic carbocycles. The molecule has 0 radical (unpaired) electrons. The fraction of sp³-hybridized carbons (Fsp3) is 0.375. The number of thiophene rings is 1. The van der Waals surface area contributed by atoms with Crippen LogP contribution in [0.2, 0.25) is 0 Å². The van der Waals surface area contributed by atoms with Crippen LogP contribution in [0.15, 0.2) is 44.0 Å². The van der Waals surface area contributed by atoms with Gasteiger partial charge >= 0.3 is 0 Å². The van der Waals surface area contributed by atoms with Crippen LogP contribution >= 0.6 is 43.2 Å². The van der Waals surface area contributed by atoms with Crippen molar-refractivity contribution in [2.45, 2.75) is 31.2 Å². The highest BCUT2D eigenvalue weighted by atomic mass is 79.9. The van der Waals surface area contributed by atoms with Crippen molar-refractivity contribution in [2.24, 2.45) is 0 Å². The average Bonchev–Trinajstić information content (AvgIpc) is 3.18. The molecule has 4 heteroatoms. The molecule has 0 aliphatic heterocycles. The van der Waals surface area contributed by atoms with E-state index in [0.29, 0.717) is 6.04 Å². The first-order valence-corrected chi connectivity index (χ1v) is 9.31. The van der Waals surface area contributed by atoms with E-state index in [4.69, 9.17) is 0 Å². The van der Waals surface area contributed by atoms with Crippen molar-refractivity contribution in [3.05, 3.63) is 55.1 Å². The minimum Gasteiger partial charge on any atom is -0.309 e. The van der Waals surface area contributed by atoms with E-state index in [1.165, 1.54) is 31.5 Å². The van der Waals surface area contributed by atoms with E-state index in [0.717, 1.165) is 6.54 Å². The van der Waals surface area contributed by atoms with E-state index < -0.39 is 0 Å². The molecule has 3 rings (SSSR count). The summed E-state index contributed by atoms with van der Waals surface area (Å²) in [4.78, 5) is 0. The Morgan fingerprint density at radius 1 is 1.25 bits per heavy atom. The summed E-state index contributed by atoms with van der Waals surface area (Å²) in [6, 6.07) is 13.6. The largest absolute Gasteiger partial charge is 0.309 e. The quantitative estimate of drug-likeness (QED) is 0.665. The Morgan fingerprint density at radius 3 is 2.45 bits per heavy atom. The molecule has 20 heavy (non-hydrogen) atoms. The molecular formula is C16H17Br2NS. The number of benzene rings is 1. The van der Waals surface area contributed by atoms with Crippen molar-refractivity contribution in [3.63, 3.8) is 0 Å². The Balaban J connectivity index is 2.01. The number of nitrogens with one attached hydrogen (secondary N) is 1. The predicted octanol–water partition coefficient (Wildman–Crippen LogP) is 5.66. The van der Waals surface area contributed by atoms with E-state index >= 15 is 0 Å². The van der Waals surface area contributed by atoms with Crippen molar-refractivity contribution in [3.8, 4) is 0 Å². The van der Waals surface area contributed by atoms with Gasteiger partial charge in [-0.1, -0.05) is 37.3 Å². The molecular weight excluding hydrogens is 398 g/mol. The van der Waals surface area contributed by atoms with Crippen LogP contribution in [-0.2, 0) is 5.41 Å². The molecule has 0 amide bonds. The molecule has 1 nitrogen and oxygen atoms in total. The van der Waals surface area contributed by atoms with Crippen LogP contribution in [0.1, 0.15) is 36.9 Å². The molecule has 0 spiro atoms. The van der Waals surface area contributed by atoms with Gasteiger partial charge in [0.2, 0.25) is 0 Å². The Morgan fingerprint density at radius 2 is 1.95 bits per heavy atom. The van der Waals surface area contributed by atoms with Gasteiger partial charge in [-0.25, -0.2) is 0 Å². The van der Waals surface area contributed by atoms with Crippen molar-refractivity contribution in [2.75, 3.05) is 6.54 Å². The second kappa shape index (κ2) is 5.91. The van der Waals surface area contributed by atoms with E-state index in [-0.39, 0.29) is 5.41 Å². The van der Waals surface area contributed by atoms with Gasteiger partial charge in [-0.3, -0.25) is 0 Å². The fourth-order valence-electron chi connectivity index (χ4n) is 3.01. The first kappa shape index (κ1) is 14.8. The SMILES string of the molecule is CCNC(c1cc(Br)sc1Br)C1(c2ccccc2)CC1. The van der Waals surface area contributed by atoms with Crippen LogP contribution in [0.25, 0.3) is 0 Å². The Kier molecular flexibility index (Phi) is 4.37. The van der Waals surface area contributed by atoms with Crippen LogP contribution in [0.5, 0.6) is 0 Å². The third-order valence-corrected chi connectivity index (χ3v) is 6.48. The Labute approximate surface area is 141 Å². The predicted molar refractivity (Wildman–Crippen MR) is 93.5 cm³/mol. The normalized spacial score (nSPS) is 17.9. The van der Waals surface area contributed by atoms with E-state index in [1.807, 2.05) is 0 Å². The number of hydrogen-bond acceptors (Lipinski definition) is 2. The van der Waals surface area contributed by atoms with Gasteiger partial charge in [-0.2, -0.15) is 0 Å². The highest BCUT2D eigenvalue weighted by molar-refractivity contribution is 9.12. The van der Waals surface area contributed by atoms with Gasteiger partial charge in [0.1, 0.15) is 0 Å². The van der Waals surface area contributed by atoms with Crippen molar-refractivity contribution in [1.82, 2.24) is 5.32 Å². The summed E-state index contributed by atoms with van der Waals surface area (Å²) in [7, 11) is 0. The molecule has 1 saturated carbocycles. The first-order chi connectivity index (χ1) is 9.67. The summed E-state index contributed by atoms with van der Waals surface area (Å²) in [6.45, 7) is 3.17. The number of likely N-dealkylation sites (N-methyl/N-ethyl adjacent to an activating group) is 1. The summed E-state index contributed by atoms with van der Waals surface area (Å²) in [5, 5.41) is 3.71. The van der Waals surface area contributed by atoms with Gasteiger partial charge in [0, 0.05) is 11.5 Å². The smallest absolute Gasteiger partial charge is 0.0758 e.